The molecule has 0 aliphatic carbocycles. The van der Waals surface area contributed by atoms with Crippen LogP contribution in [0.15, 0.2) is 36.5 Å². The van der Waals surface area contributed by atoms with Crippen molar-refractivity contribution in [1.82, 2.24) is 15.5 Å². The molecule has 1 unspecified atom stereocenters. The molecule has 2 saturated heterocycles. The van der Waals surface area contributed by atoms with Crippen LogP contribution >= 0.6 is 0 Å². The summed E-state index contributed by atoms with van der Waals surface area (Å²) in [5, 5.41) is 6.83. The second kappa shape index (κ2) is 6.68. The molecular formula is C15H23N3O. The number of carbonyl (C=O) groups is 1. The maximum Gasteiger partial charge on any atom is 0.253 e. The largest absolute Gasteiger partial charge is 0.337 e. The molecule has 2 rings (SSSR count). The van der Waals surface area contributed by atoms with Crippen molar-refractivity contribution in [3.8, 4) is 0 Å². The van der Waals surface area contributed by atoms with E-state index < -0.39 is 0 Å². The first-order valence-electron chi connectivity index (χ1n) is 6.96. The van der Waals surface area contributed by atoms with Gasteiger partial charge in [-0.2, -0.15) is 0 Å². The second-order valence-corrected chi connectivity index (χ2v) is 5.11. The molecule has 0 bridgehead atoms. The number of likely N-dealkylation sites (tertiary alicyclic amines) is 1. The van der Waals surface area contributed by atoms with Gasteiger partial charge < -0.3 is 15.5 Å². The highest BCUT2D eigenvalue weighted by Crippen LogP contribution is 2.14. The van der Waals surface area contributed by atoms with E-state index in [-0.39, 0.29) is 5.91 Å². The molecule has 1 atom stereocenters. The van der Waals surface area contributed by atoms with Gasteiger partial charge in [0, 0.05) is 43.8 Å². The molecule has 1 amide bonds. The summed E-state index contributed by atoms with van der Waals surface area (Å²) < 4.78 is 0. The monoisotopic (exact) mass is 261 g/mol. The molecule has 0 saturated carbocycles. The Hall–Kier alpha value is -1.39. The lowest BCUT2D eigenvalue weighted by atomic mass is 10.1. The average Bonchev–Trinajstić information content (AvgIpc) is 2.83. The van der Waals surface area contributed by atoms with Crippen molar-refractivity contribution >= 4 is 5.91 Å². The van der Waals surface area contributed by atoms with Crippen LogP contribution in [-0.4, -0.2) is 49.1 Å². The zero-order chi connectivity index (χ0) is 13.7. The Morgan fingerprint density at radius 1 is 1.42 bits per heavy atom. The lowest BCUT2D eigenvalue weighted by Gasteiger charge is -2.31. The molecule has 19 heavy (non-hydrogen) atoms. The van der Waals surface area contributed by atoms with Gasteiger partial charge in [0.05, 0.1) is 0 Å². The highest BCUT2D eigenvalue weighted by atomic mass is 16.2. The quantitative estimate of drug-likeness (QED) is 0.569. The molecular weight excluding hydrogens is 238 g/mol. The Bertz CT molecular complexity index is 396. The number of nitrogens with one attached hydrogen (secondary N) is 2. The fraction of sp³-hybridized carbons (Fsp3) is 0.533. The third kappa shape index (κ3) is 3.55. The number of amides is 1. The van der Waals surface area contributed by atoms with E-state index in [0.717, 1.165) is 32.6 Å². The fourth-order valence-corrected chi connectivity index (χ4v) is 2.43. The van der Waals surface area contributed by atoms with E-state index in [1.807, 2.05) is 30.1 Å². The van der Waals surface area contributed by atoms with Gasteiger partial charge in [0.1, 0.15) is 0 Å². The van der Waals surface area contributed by atoms with E-state index in [2.05, 4.69) is 17.2 Å². The Labute approximate surface area is 115 Å². The molecule has 0 radical (unpaired) electrons. The van der Waals surface area contributed by atoms with E-state index in [9.17, 15) is 4.79 Å². The number of hydrogen-bond acceptors (Lipinski definition) is 3. The van der Waals surface area contributed by atoms with Crippen molar-refractivity contribution in [3.05, 3.63) is 36.5 Å². The minimum atomic E-state index is 0.0872. The Morgan fingerprint density at radius 3 is 2.79 bits per heavy atom. The number of carbonyl (C=O) groups excluding carboxylic acids is 1. The van der Waals surface area contributed by atoms with Crippen LogP contribution in [0.3, 0.4) is 0 Å². The summed E-state index contributed by atoms with van der Waals surface area (Å²) in [6, 6.07) is 1.02. The Balaban J connectivity index is 1.87. The first-order valence-corrected chi connectivity index (χ1v) is 6.96. The van der Waals surface area contributed by atoms with Gasteiger partial charge in [0.15, 0.2) is 0 Å². The predicted molar refractivity (Wildman–Crippen MR) is 77.9 cm³/mol. The Morgan fingerprint density at radius 2 is 2.21 bits per heavy atom. The molecule has 104 valence electrons. The van der Waals surface area contributed by atoms with Gasteiger partial charge in [-0.1, -0.05) is 24.8 Å². The van der Waals surface area contributed by atoms with Gasteiger partial charge >= 0.3 is 0 Å². The molecule has 2 fully saturated rings. The van der Waals surface area contributed by atoms with E-state index in [0.29, 0.717) is 17.7 Å². The summed E-state index contributed by atoms with van der Waals surface area (Å²) in [5.74, 6) is 0.0872. The Kier molecular flexibility index (Phi) is 4.93. The van der Waals surface area contributed by atoms with Gasteiger partial charge in [-0.25, -0.2) is 0 Å². The van der Waals surface area contributed by atoms with Crippen molar-refractivity contribution in [2.45, 2.75) is 25.4 Å². The second-order valence-electron chi connectivity index (χ2n) is 5.11. The van der Waals surface area contributed by atoms with Crippen molar-refractivity contribution in [1.29, 1.82) is 0 Å². The summed E-state index contributed by atoms with van der Waals surface area (Å²) in [6.07, 6.45) is 8.29. The van der Waals surface area contributed by atoms with Crippen LogP contribution in [0.5, 0.6) is 0 Å². The van der Waals surface area contributed by atoms with Crippen LogP contribution < -0.4 is 10.6 Å². The molecule has 2 aliphatic rings. The molecule has 4 heteroatoms. The van der Waals surface area contributed by atoms with Crippen molar-refractivity contribution in [2.24, 2.45) is 0 Å². The van der Waals surface area contributed by atoms with Crippen LogP contribution in [0.2, 0.25) is 0 Å². The molecule has 2 aliphatic heterocycles. The number of allylic oxidation sites excluding steroid dienone is 3. The van der Waals surface area contributed by atoms with Crippen molar-refractivity contribution < 1.29 is 4.79 Å². The number of rotatable bonds is 5. The molecule has 0 spiro atoms. The maximum atomic E-state index is 12.3. The summed E-state index contributed by atoms with van der Waals surface area (Å²) in [5.41, 5.74) is 0.670. The summed E-state index contributed by atoms with van der Waals surface area (Å²) in [7, 11) is 0. The van der Waals surface area contributed by atoms with Crippen LogP contribution in [0.1, 0.15) is 13.3 Å². The van der Waals surface area contributed by atoms with Crippen molar-refractivity contribution in [2.75, 3.05) is 26.2 Å². The van der Waals surface area contributed by atoms with Crippen LogP contribution in [0, 0.1) is 0 Å². The minimum Gasteiger partial charge on any atom is -0.337 e. The molecule has 2 heterocycles. The summed E-state index contributed by atoms with van der Waals surface area (Å²) in [4.78, 5) is 14.2. The van der Waals surface area contributed by atoms with Crippen molar-refractivity contribution in [3.63, 3.8) is 0 Å². The molecule has 4 nitrogen and oxygen atoms in total. The zero-order valence-corrected chi connectivity index (χ0v) is 11.6. The number of nitrogens with zero attached hydrogens (tertiary/aromatic N) is 1. The highest BCUT2D eigenvalue weighted by molar-refractivity contribution is 5.96. The third-order valence-corrected chi connectivity index (χ3v) is 3.66. The van der Waals surface area contributed by atoms with Gasteiger partial charge in [-0.15, -0.1) is 0 Å². The summed E-state index contributed by atoms with van der Waals surface area (Å²) >= 11 is 0. The fourth-order valence-electron chi connectivity index (χ4n) is 2.43. The summed E-state index contributed by atoms with van der Waals surface area (Å²) in [6.45, 7) is 9.38. The van der Waals surface area contributed by atoms with Crippen LogP contribution in [-0.2, 0) is 4.79 Å². The SMILES string of the molecule is C=C/C(=C\C=C/C)C(=O)N1CCC(NC2CNC2)C1. The van der Waals surface area contributed by atoms with E-state index >= 15 is 0 Å². The number of hydrogen-bond donors (Lipinski definition) is 2. The molecule has 0 aromatic heterocycles. The third-order valence-electron chi connectivity index (χ3n) is 3.66. The predicted octanol–water partition coefficient (Wildman–Crippen LogP) is 0.837. The van der Waals surface area contributed by atoms with E-state index in [4.69, 9.17) is 0 Å². The molecule has 0 aromatic rings. The van der Waals surface area contributed by atoms with Crippen LogP contribution in [0.4, 0.5) is 0 Å². The average molecular weight is 261 g/mol. The lowest BCUT2D eigenvalue weighted by Crippen LogP contribution is -2.58. The molecule has 2 N–H and O–H groups in total. The first kappa shape index (κ1) is 14.0. The first-order chi connectivity index (χ1) is 9.24. The van der Waals surface area contributed by atoms with Gasteiger partial charge in [-0.3, -0.25) is 4.79 Å². The standard InChI is InChI=1S/C15H23N3O/c1-3-5-6-12(4-2)15(19)18-8-7-13(11-18)17-14-9-16-10-14/h3-6,13-14,16-17H,2,7-11H2,1H3/b5-3-,12-6+. The van der Waals surface area contributed by atoms with E-state index in [1.165, 1.54) is 0 Å². The van der Waals surface area contributed by atoms with Gasteiger partial charge in [-0.05, 0) is 19.4 Å². The van der Waals surface area contributed by atoms with E-state index in [1.54, 1.807) is 6.08 Å². The smallest absolute Gasteiger partial charge is 0.253 e. The van der Waals surface area contributed by atoms with Gasteiger partial charge in [0.25, 0.3) is 5.91 Å². The van der Waals surface area contributed by atoms with Crippen LogP contribution in [0.25, 0.3) is 0 Å². The van der Waals surface area contributed by atoms with Gasteiger partial charge in [0.2, 0.25) is 0 Å². The maximum absolute atomic E-state index is 12.3. The topological polar surface area (TPSA) is 44.4 Å². The highest BCUT2D eigenvalue weighted by Gasteiger charge is 2.29. The molecule has 0 aromatic carbocycles. The minimum absolute atomic E-state index is 0.0872. The normalized spacial score (nSPS) is 24.8. The lowest BCUT2D eigenvalue weighted by molar-refractivity contribution is -0.125. The zero-order valence-electron chi connectivity index (χ0n) is 11.6.